The Kier molecular flexibility index (Phi) is 2.95. The van der Waals surface area contributed by atoms with Crippen molar-refractivity contribution in [3.63, 3.8) is 0 Å². The highest BCUT2D eigenvalue weighted by Crippen LogP contribution is 2.23. The van der Waals surface area contributed by atoms with Crippen LogP contribution in [0, 0.1) is 0 Å². The van der Waals surface area contributed by atoms with Crippen LogP contribution >= 0.6 is 15.9 Å². The van der Waals surface area contributed by atoms with Gasteiger partial charge in [-0.25, -0.2) is 9.67 Å². The van der Waals surface area contributed by atoms with Crippen molar-refractivity contribution < 1.29 is 0 Å². The van der Waals surface area contributed by atoms with Gasteiger partial charge in [0.15, 0.2) is 11.6 Å². The van der Waals surface area contributed by atoms with E-state index in [0.717, 1.165) is 10.3 Å². The molecule has 0 atom stereocenters. The minimum absolute atomic E-state index is 0.106. The molecule has 0 bridgehead atoms. The fourth-order valence-electron chi connectivity index (χ4n) is 1.45. The number of aromatic nitrogens is 3. The van der Waals surface area contributed by atoms with Crippen LogP contribution in [0.4, 0.5) is 5.82 Å². The van der Waals surface area contributed by atoms with Crippen LogP contribution in [0.15, 0.2) is 29.0 Å². The first-order valence-corrected chi connectivity index (χ1v) is 6.15. The second-order valence-electron chi connectivity index (χ2n) is 4.96. The summed E-state index contributed by atoms with van der Waals surface area (Å²) < 4.78 is 2.44. The van der Waals surface area contributed by atoms with Crippen LogP contribution in [0.25, 0.3) is 5.82 Å². The number of rotatable bonds is 1. The molecule has 0 aromatic carbocycles. The van der Waals surface area contributed by atoms with E-state index >= 15 is 0 Å². The lowest BCUT2D eigenvalue weighted by molar-refractivity contribution is 0.586. The fourth-order valence-corrected chi connectivity index (χ4v) is 1.72. The van der Waals surface area contributed by atoms with Crippen molar-refractivity contribution in [2.45, 2.75) is 26.2 Å². The lowest BCUT2D eigenvalue weighted by Crippen LogP contribution is -2.12. The molecule has 0 saturated heterocycles. The molecule has 2 aromatic heterocycles. The Morgan fingerprint density at radius 1 is 1.29 bits per heavy atom. The van der Waals surface area contributed by atoms with E-state index in [-0.39, 0.29) is 5.41 Å². The number of hydrogen-bond acceptors (Lipinski definition) is 3. The average Bonchev–Trinajstić information content (AvgIpc) is 2.58. The summed E-state index contributed by atoms with van der Waals surface area (Å²) in [4.78, 5) is 4.39. The van der Waals surface area contributed by atoms with Crippen molar-refractivity contribution >= 4 is 21.7 Å². The average molecular weight is 295 g/mol. The summed E-state index contributed by atoms with van der Waals surface area (Å²) in [6.07, 6.45) is 3.68. The smallest absolute Gasteiger partial charge is 0.160 e. The van der Waals surface area contributed by atoms with Crippen molar-refractivity contribution in [2.24, 2.45) is 0 Å². The third-order valence-electron chi connectivity index (χ3n) is 2.54. The maximum Gasteiger partial charge on any atom is 0.160 e. The highest BCUT2D eigenvalue weighted by Gasteiger charge is 2.14. The van der Waals surface area contributed by atoms with Gasteiger partial charge >= 0.3 is 0 Å². The molecule has 0 aliphatic carbocycles. The number of nitrogens with zero attached hydrogens (tertiary/aromatic N) is 3. The number of pyridine rings is 1. The number of halogens is 1. The predicted octanol–water partition coefficient (Wildman–Crippen LogP) is 2.91. The van der Waals surface area contributed by atoms with E-state index in [0.29, 0.717) is 5.82 Å². The molecule has 90 valence electrons. The maximum absolute atomic E-state index is 5.67. The van der Waals surface area contributed by atoms with Gasteiger partial charge in [-0.3, -0.25) is 0 Å². The molecule has 0 aliphatic rings. The molecule has 0 aliphatic heterocycles. The van der Waals surface area contributed by atoms with Crippen molar-refractivity contribution in [1.82, 2.24) is 14.8 Å². The highest BCUT2D eigenvalue weighted by atomic mass is 79.9. The van der Waals surface area contributed by atoms with Crippen molar-refractivity contribution in [1.29, 1.82) is 0 Å². The topological polar surface area (TPSA) is 56.7 Å². The Bertz CT molecular complexity index is 503. The molecule has 4 nitrogen and oxygen atoms in total. The first-order valence-electron chi connectivity index (χ1n) is 5.35. The SMILES string of the molecule is CC(C)(C)c1ccc(-n2cc(Br)c(N)n2)nc1. The maximum atomic E-state index is 5.67. The van der Waals surface area contributed by atoms with E-state index in [1.807, 2.05) is 12.3 Å². The molecule has 0 radical (unpaired) electrons. The van der Waals surface area contributed by atoms with Gasteiger partial charge in [0.1, 0.15) is 0 Å². The van der Waals surface area contributed by atoms with Crippen molar-refractivity contribution in [2.75, 3.05) is 5.73 Å². The van der Waals surface area contributed by atoms with E-state index in [4.69, 9.17) is 5.73 Å². The zero-order chi connectivity index (χ0) is 12.6. The third-order valence-corrected chi connectivity index (χ3v) is 3.16. The summed E-state index contributed by atoms with van der Waals surface area (Å²) in [6.45, 7) is 6.48. The van der Waals surface area contributed by atoms with Gasteiger partial charge in [0.25, 0.3) is 0 Å². The minimum Gasteiger partial charge on any atom is -0.381 e. The molecule has 0 unspecified atom stereocenters. The molecule has 5 heteroatoms. The summed E-state index contributed by atoms with van der Waals surface area (Å²) in [5, 5.41) is 4.16. The van der Waals surface area contributed by atoms with Crippen LogP contribution in [-0.2, 0) is 5.41 Å². The standard InChI is InChI=1S/C12H15BrN4/c1-12(2,3)8-4-5-10(15-6-8)17-7-9(13)11(14)16-17/h4-7H,1-3H3,(H2,14,16). The van der Waals surface area contributed by atoms with Crippen LogP contribution in [0.1, 0.15) is 26.3 Å². The van der Waals surface area contributed by atoms with E-state index in [1.165, 1.54) is 5.56 Å². The number of anilines is 1. The Morgan fingerprint density at radius 3 is 2.41 bits per heavy atom. The number of hydrogen-bond donors (Lipinski definition) is 1. The molecular weight excluding hydrogens is 280 g/mol. The van der Waals surface area contributed by atoms with Crippen LogP contribution in [0.5, 0.6) is 0 Å². The minimum atomic E-state index is 0.106. The van der Waals surface area contributed by atoms with Gasteiger partial charge in [-0.15, -0.1) is 5.10 Å². The second kappa shape index (κ2) is 4.14. The lowest BCUT2D eigenvalue weighted by Gasteiger charge is -2.18. The van der Waals surface area contributed by atoms with E-state index in [9.17, 15) is 0 Å². The quantitative estimate of drug-likeness (QED) is 0.880. The Morgan fingerprint density at radius 2 is 2.00 bits per heavy atom. The summed E-state index contributed by atoms with van der Waals surface area (Å²) in [7, 11) is 0. The Balaban J connectivity index is 2.36. The molecular formula is C12H15BrN4. The third kappa shape index (κ3) is 2.49. The van der Waals surface area contributed by atoms with Gasteiger partial charge in [-0.05, 0) is 33.0 Å². The van der Waals surface area contributed by atoms with Gasteiger partial charge in [-0.1, -0.05) is 26.8 Å². The van der Waals surface area contributed by atoms with Crippen LogP contribution < -0.4 is 5.73 Å². The first-order chi connectivity index (χ1) is 7.88. The lowest BCUT2D eigenvalue weighted by atomic mass is 9.88. The van der Waals surface area contributed by atoms with E-state index in [2.05, 4.69) is 52.9 Å². The molecule has 0 amide bonds. The summed E-state index contributed by atoms with van der Waals surface area (Å²) in [6, 6.07) is 4.01. The molecule has 0 spiro atoms. The van der Waals surface area contributed by atoms with Crippen LogP contribution in [0.3, 0.4) is 0 Å². The largest absolute Gasteiger partial charge is 0.381 e. The van der Waals surface area contributed by atoms with Gasteiger partial charge in [0.05, 0.1) is 4.47 Å². The zero-order valence-electron chi connectivity index (χ0n) is 10.1. The van der Waals surface area contributed by atoms with Gasteiger partial charge < -0.3 is 5.73 Å². The van der Waals surface area contributed by atoms with E-state index < -0.39 is 0 Å². The summed E-state index contributed by atoms with van der Waals surface area (Å²) in [5.74, 6) is 1.22. The van der Waals surface area contributed by atoms with Gasteiger partial charge in [0.2, 0.25) is 0 Å². The summed E-state index contributed by atoms with van der Waals surface area (Å²) >= 11 is 3.32. The van der Waals surface area contributed by atoms with Crippen LogP contribution in [-0.4, -0.2) is 14.8 Å². The van der Waals surface area contributed by atoms with Gasteiger partial charge in [0, 0.05) is 12.4 Å². The molecule has 17 heavy (non-hydrogen) atoms. The molecule has 0 saturated carbocycles. The second-order valence-corrected chi connectivity index (χ2v) is 5.82. The van der Waals surface area contributed by atoms with Crippen molar-refractivity contribution in [3.05, 3.63) is 34.6 Å². The normalized spacial score (nSPS) is 11.8. The van der Waals surface area contributed by atoms with E-state index in [1.54, 1.807) is 10.9 Å². The Labute approximate surface area is 109 Å². The molecule has 2 rings (SSSR count). The van der Waals surface area contributed by atoms with Crippen LogP contribution in [0.2, 0.25) is 0 Å². The predicted molar refractivity (Wildman–Crippen MR) is 72.2 cm³/mol. The molecule has 2 N–H and O–H groups in total. The van der Waals surface area contributed by atoms with Gasteiger partial charge in [-0.2, -0.15) is 0 Å². The molecule has 0 fully saturated rings. The Hall–Kier alpha value is -1.36. The highest BCUT2D eigenvalue weighted by molar-refractivity contribution is 9.10. The number of nitrogens with two attached hydrogens (primary N) is 1. The molecule has 2 aromatic rings. The fraction of sp³-hybridized carbons (Fsp3) is 0.333. The molecule has 2 heterocycles. The summed E-state index contributed by atoms with van der Waals surface area (Å²) in [5.41, 5.74) is 6.97. The monoisotopic (exact) mass is 294 g/mol. The van der Waals surface area contributed by atoms with Crippen molar-refractivity contribution in [3.8, 4) is 5.82 Å². The zero-order valence-corrected chi connectivity index (χ0v) is 11.7. The first kappa shape index (κ1) is 12.1. The number of nitrogen functional groups attached to an aromatic ring is 1.